The van der Waals surface area contributed by atoms with Gasteiger partial charge in [-0.1, -0.05) is 29.8 Å². The maximum Gasteiger partial charge on any atom is 0.219 e. The van der Waals surface area contributed by atoms with Crippen molar-refractivity contribution < 1.29 is 14.2 Å². The summed E-state index contributed by atoms with van der Waals surface area (Å²) in [6.45, 7) is 2.85. The van der Waals surface area contributed by atoms with Gasteiger partial charge in [-0.05, 0) is 42.8 Å². The zero-order valence-corrected chi connectivity index (χ0v) is 17.5. The van der Waals surface area contributed by atoms with Gasteiger partial charge < -0.3 is 25.3 Å². The van der Waals surface area contributed by atoms with E-state index in [0.29, 0.717) is 41.3 Å². The summed E-state index contributed by atoms with van der Waals surface area (Å²) in [4.78, 5) is 8.65. The number of para-hydroxylation sites is 2. The van der Waals surface area contributed by atoms with E-state index in [0.717, 1.165) is 11.3 Å². The number of pyridine rings is 1. The highest BCUT2D eigenvalue weighted by Crippen LogP contribution is 2.30. The molecule has 2 aromatic carbocycles. The number of hydrogen-bond acceptors (Lipinski definition) is 5. The average Bonchev–Trinajstić information content (AvgIpc) is 2.75. The first kappa shape index (κ1) is 21.3. The first-order valence-corrected chi connectivity index (χ1v) is 9.72. The van der Waals surface area contributed by atoms with Gasteiger partial charge in [0.1, 0.15) is 5.75 Å². The Balaban J connectivity index is 1.59. The Morgan fingerprint density at radius 1 is 1.10 bits per heavy atom. The van der Waals surface area contributed by atoms with Gasteiger partial charge in [-0.25, -0.2) is 9.98 Å². The molecule has 3 rings (SSSR count). The fourth-order valence-corrected chi connectivity index (χ4v) is 2.85. The van der Waals surface area contributed by atoms with Crippen molar-refractivity contribution in [2.75, 3.05) is 19.0 Å². The summed E-state index contributed by atoms with van der Waals surface area (Å²) in [5, 5.41) is 3.48. The van der Waals surface area contributed by atoms with Gasteiger partial charge in [0.05, 0.1) is 25.3 Å². The molecule has 0 radical (unpaired) electrons. The van der Waals surface area contributed by atoms with E-state index in [4.69, 9.17) is 31.5 Å². The molecule has 1 heterocycles. The number of nitrogens with two attached hydrogens (primary N) is 1. The van der Waals surface area contributed by atoms with Gasteiger partial charge in [0.25, 0.3) is 0 Å². The van der Waals surface area contributed by atoms with Crippen LogP contribution < -0.4 is 25.3 Å². The molecule has 0 fully saturated rings. The quantitative estimate of drug-likeness (QED) is 0.394. The Morgan fingerprint density at radius 3 is 2.57 bits per heavy atom. The second-order valence-corrected chi connectivity index (χ2v) is 6.57. The minimum atomic E-state index is 0.266. The SMILES string of the molecule is CCOc1ccccc1Oc1ccc(CN=C(N)Nc2ccc(OC)c(Cl)c2)cn1. The van der Waals surface area contributed by atoms with Crippen LogP contribution in [0.3, 0.4) is 0 Å². The molecule has 3 N–H and O–H groups in total. The molecule has 8 heteroatoms. The van der Waals surface area contributed by atoms with Crippen LogP contribution in [-0.2, 0) is 6.54 Å². The number of methoxy groups -OCH3 is 1. The molecule has 30 heavy (non-hydrogen) atoms. The Morgan fingerprint density at radius 2 is 1.90 bits per heavy atom. The lowest BCUT2D eigenvalue weighted by molar-refractivity contribution is 0.319. The molecular formula is C22H23ClN4O3. The highest BCUT2D eigenvalue weighted by Gasteiger charge is 2.06. The Kier molecular flexibility index (Phi) is 7.34. The van der Waals surface area contributed by atoms with Crippen LogP contribution in [0.2, 0.25) is 5.02 Å². The Hall–Kier alpha value is -3.45. The largest absolute Gasteiger partial charge is 0.495 e. The lowest BCUT2D eigenvalue weighted by atomic mass is 10.3. The van der Waals surface area contributed by atoms with Crippen LogP contribution in [0.15, 0.2) is 65.8 Å². The second-order valence-electron chi connectivity index (χ2n) is 6.16. The molecule has 0 atom stereocenters. The van der Waals surface area contributed by atoms with E-state index in [2.05, 4.69) is 15.3 Å². The molecule has 156 valence electrons. The summed E-state index contributed by atoms with van der Waals surface area (Å²) in [5.74, 6) is 2.61. The molecule has 0 aliphatic carbocycles. The highest BCUT2D eigenvalue weighted by atomic mass is 35.5. The van der Waals surface area contributed by atoms with Crippen molar-refractivity contribution in [1.82, 2.24) is 4.98 Å². The monoisotopic (exact) mass is 426 g/mol. The average molecular weight is 427 g/mol. The smallest absolute Gasteiger partial charge is 0.219 e. The van der Waals surface area contributed by atoms with E-state index >= 15 is 0 Å². The first-order chi connectivity index (χ1) is 14.6. The molecule has 3 aromatic rings. The van der Waals surface area contributed by atoms with Crippen LogP contribution in [0.1, 0.15) is 12.5 Å². The van der Waals surface area contributed by atoms with Gasteiger partial charge in [0, 0.05) is 18.0 Å². The van der Waals surface area contributed by atoms with Crippen molar-refractivity contribution in [1.29, 1.82) is 0 Å². The number of ether oxygens (including phenoxy) is 3. The third-order valence-electron chi connectivity index (χ3n) is 4.02. The summed E-state index contributed by atoms with van der Waals surface area (Å²) in [6, 6.07) is 16.4. The number of hydrogen-bond donors (Lipinski definition) is 2. The molecule has 1 aromatic heterocycles. The predicted molar refractivity (Wildman–Crippen MR) is 119 cm³/mol. The van der Waals surface area contributed by atoms with E-state index in [-0.39, 0.29) is 5.96 Å². The van der Waals surface area contributed by atoms with Gasteiger partial charge in [0.15, 0.2) is 17.5 Å². The molecule has 7 nitrogen and oxygen atoms in total. The van der Waals surface area contributed by atoms with Gasteiger partial charge in [-0.3, -0.25) is 0 Å². The van der Waals surface area contributed by atoms with E-state index in [1.54, 1.807) is 37.6 Å². The molecule has 0 aliphatic rings. The lowest BCUT2D eigenvalue weighted by Gasteiger charge is -2.10. The fourth-order valence-electron chi connectivity index (χ4n) is 2.59. The van der Waals surface area contributed by atoms with Gasteiger partial charge >= 0.3 is 0 Å². The van der Waals surface area contributed by atoms with Crippen LogP contribution in [0.4, 0.5) is 5.69 Å². The van der Waals surface area contributed by atoms with Crippen LogP contribution >= 0.6 is 11.6 Å². The number of guanidine groups is 1. The number of nitrogens with one attached hydrogen (secondary N) is 1. The molecular weight excluding hydrogens is 404 g/mol. The molecule has 0 aliphatic heterocycles. The standard InChI is InChI=1S/C22H23ClN4O3/c1-3-29-19-6-4-5-7-20(19)30-21-11-8-15(13-25-21)14-26-22(24)27-16-9-10-18(28-2)17(23)12-16/h4-13H,3,14H2,1-2H3,(H3,24,26,27). The number of benzene rings is 2. The zero-order chi connectivity index (χ0) is 21.3. The van der Waals surface area contributed by atoms with Crippen LogP contribution in [-0.4, -0.2) is 24.7 Å². The molecule has 0 unspecified atom stereocenters. The van der Waals surface area contributed by atoms with Gasteiger partial charge in [-0.15, -0.1) is 0 Å². The Labute approximate surface area is 180 Å². The van der Waals surface area contributed by atoms with E-state index in [1.807, 2.05) is 37.3 Å². The van der Waals surface area contributed by atoms with Crippen LogP contribution in [0.25, 0.3) is 0 Å². The molecule has 0 saturated heterocycles. The molecule has 0 spiro atoms. The van der Waals surface area contributed by atoms with E-state index < -0.39 is 0 Å². The number of rotatable bonds is 8. The fraction of sp³-hybridized carbons (Fsp3) is 0.182. The minimum absolute atomic E-state index is 0.266. The number of aromatic nitrogens is 1. The number of nitrogens with zero attached hydrogens (tertiary/aromatic N) is 2. The normalized spacial score (nSPS) is 11.1. The van der Waals surface area contributed by atoms with Crippen molar-refractivity contribution in [3.05, 3.63) is 71.4 Å². The summed E-state index contributed by atoms with van der Waals surface area (Å²) >= 11 is 6.11. The Bertz CT molecular complexity index is 1010. The maximum atomic E-state index is 6.11. The maximum absolute atomic E-state index is 6.11. The predicted octanol–water partition coefficient (Wildman–Crippen LogP) is 4.86. The van der Waals surface area contributed by atoms with Crippen molar-refractivity contribution in [2.45, 2.75) is 13.5 Å². The van der Waals surface area contributed by atoms with Crippen molar-refractivity contribution in [3.8, 4) is 23.1 Å². The van der Waals surface area contributed by atoms with Crippen LogP contribution in [0.5, 0.6) is 23.1 Å². The molecule has 0 bridgehead atoms. The second kappa shape index (κ2) is 10.4. The first-order valence-electron chi connectivity index (χ1n) is 9.34. The summed E-state index contributed by atoms with van der Waals surface area (Å²) in [5.41, 5.74) is 7.56. The van der Waals surface area contributed by atoms with Gasteiger partial charge in [0.2, 0.25) is 5.88 Å². The number of anilines is 1. The number of aliphatic imine (C=N–C) groups is 1. The highest BCUT2D eigenvalue weighted by molar-refractivity contribution is 6.32. The van der Waals surface area contributed by atoms with E-state index in [1.165, 1.54) is 0 Å². The summed E-state index contributed by atoms with van der Waals surface area (Å²) in [6.07, 6.45) is 1.69. The number of halogens is 1. The van der Waals surface area contributed by atoms with Crippen molar-refractivity contribution in [2.24, 2.45) is 10.7 Å². The summed E-state index contributed by atoms with van der Waals surface area (Å²) < 4.78 is 16.5. The third-order valence-corrected chi connectivity index (χ3v) is 4.31. The topological polar surface area (TPSA) is 91.0 Å². The zero-order valence-electron chi connectivity index (χ0n) is 16.8. The van der Waals surface area contributed by atoms with Crippen molar-refractivity contribution in [3.63, 3.8) is 0 Å². The van der Waals surface area contributed by atoms with Gasteiger partial charge in [-0.2, -0.15) is 0 Å². The van der Waals surface area contributed by atoms with Crippen molar-refractivity contribution >= 4 is 23.2 Å². The third kappa shape index (κ3) is 5.78. The van der Waals surface area contributed by atoms with Crippen LogP contribution in [0, 0.1) is 0 Å². The van der Waals surface area contributed by atoms with E-state index in [9.17, 15) is 0 Å². The summed E-state index contributed by atoms with van der Waals surface area (Å²) in [7, 11) is 1.56. The molecule has 0 saturated carbocycles. The lowest BCUT2D eigenvalue weighted by Crippen LogP contribution is -2.22. The minimum Gasteiger partial charge on any atom is -0.495 e. The molecule has 0 amide bonds.